The first-order valence-corrected chi connectivity index (χ1v) is 9.08. The molecule has 0 amide bonds. The molecule has 0 fully saturated rings. The molecule has 0 saturated heterocycles. The maximum Gasteiger partial charge on any atom is 0.241 e. The van der Waals surface area contributed by atoms with E-state index in [0.717, 1.165) is 0 Å². The van der Waals surface area contributed by atoms with Gasteiger partial charge in [0.05, 0.1) is 4.90 Å². The molecule has 0 aliphatic heterocycles. The van der Waals surface area contributed by atoms with Gasteiger partial charge in [-0.1, -0.05) is 38.1 Å². The Hall–Kier alpha value is -2.05. The van der Waals surface area contributed by atoms with Crippen molar-refractivity contribution >= 4 is 15.8 Å². The molecule has 24 heavy (non-hydrogen) atoms. The second-order valence-electron chi connectivity index (χ2n) is 5.98. The lowest BCUT2D eigenvalue weighted by Crippen LogP contribution is -2.31. The minimum Gasteiger partial charge on any atom is -0.295 e. The Morgan fingerprint density at radius 2 is 1.54 bits per heavy atom. The Balaban J connectivity index is 2.30. The SMILES string of the molecule is CC(=O)c1ccc(S(=O)(=O)N[C@@H](c2ccc(F)cc2)C(C)C)cc1. The van der Waals surface area contributed by atoms with Gasteiger partial charge in [0.15, 0.2) is 5.78 Å². The second-order valence-corrected chi connectivity index (χ2v) is 7.69. The fraction of sp³-hybridized carbons (Fsp3) is 0.278. The Morgan fingerprint density at radius 1 is 1.00 bits per heavy atom. The van der Waals surface area contributed by atoms with E-state index in [2.05, 4.69) is 4.72 Å². The van der Waals surface area contributed by atoms with Gasteiger partial charge in [-0.3, -0.25) is 4.79 Å². The summed E-state index contributed by atoms with van der Waals surface area (Å²) in [6, 6.07) is 11.0. The number of benzene rings is 2. The molecule has 1 atom stereocenters. The Bertz CT molecular complexity index is 812. The number of hydrogen-bond acceptors (Lipinski definition) is 3. The molecule has 0 spiro atoms. The van der Waals surface area contributed by atoms with E-state index in [9.17, 15) is 17.6 Å². The Labute approximate surface area is 141 Å². The van der Waals surface area contributed by atoms with Gasteiger partial charge in [0.2, 0.25) is 10.0 Å². The first-order chi connectivity index (χ1) is 11.2. The number of carbonyl (C=O) groups is 1. The summed E-state index contributed by atoms with van der Waals surface area (Å²) in [7, 11) is -3.76. The Morgan fingerprint density at radius 3 is 2.00 bits per heavy atom. The highest BCUT2D eigenvalue weighted by atomic mass is 32.2. The molecule has 0 aromatic heterocycles. The molecule has 4 nitrogen and oxygen atoms in total. The number of hydrogen-bond donors (Lipinski definition) is 1. The molecular formula is C18H20FNO3S. The third kappa shape index (κ3) is 4.27. The highest BCUT2D eigenvalue weighted by Gasteiger charge is 2.24. The van der Waals surface area contributed by atoms with Gasteiger partial charge in [0, 0.05) is 11.6 Å². The fourth-order valence-electron chi connectivity index (χ4n) is 2.36. The van der Waals surface area contributed by atoms with E-state index in [1.54, 1.807) is 12.1 Å². The van der Waals surface area contributed by atoms with Crippen LogP contribution < -0.4 is 4.72 Å². The maximum atomic E-state index is 13.1. The smallest absolute Gasteiger partial charge is 0.241 e. The maximum absolute atomic E-state index is 13.1. The third-order valence-electron chi connectivity index (χ3n) is 3.75. The molecule has 0 bridgehead atoms. The second kappa shape index (κ2) is 7.23. The lowest BCUT2D eigenvalue weighted by atomic mass is 9.97. The molecule has 2 aromatic carbocycles. The Kier molecular flexibility index (Phi) is 5.51. The first kappa shape index (κ1) is 18.3. The van der Waals surface area contributed by atoms with Crippen molar-refractivity contribution in [1.29, 1.82) is 0 Å². The summed E-state index contributed by atoms with van der Waals surface area (Å²) in [5.74, 6) is -0.524. The minimum atomic E-state index is -3.76. The van der Waals surface area contributed by atoms with Gasteiger partial charge in [-0.2, -0.15) is 0 Å². The van der Waals surface area contributed by atoms with E-state index in [4.69, 9.17) is 0 Å². The molecular weight excluding hydrogens is 329 g/mol. The van der Waals surface area contributed by atoms with Crippen molar-refractivity contribution in [2.75, 3.05) is 0 Å². The molecule has 6 heteroatoms. The van der Waals surface area contributed by atoms with Crippen molar-refractivity contribution in [2.45, 2.75) is 31.7 Å². The molecule has 0 aliphatic rings. The van der Waals surface area contributed by atoms with E-state index < -0.39 is 16.1 Å². The summed E-state index contributed by atoms with van der Waals surface area (Å²) >= 11 is 0. The summed E-state index contributed by atoms with van der Waals surface area (Å²) in [5.41, 5.74) is 1.14. The first-order valence-electron chi connectivity index (χ1n) is 7.59. The molecule has 0 heterocycles. The van der Waals surface area contributed by atoms with Crippen LogP contribution in [0.5, 0.6) is 0 Å². The van der Waals surface area contributed by atoms with Gasteiger partial charge < -0.3 is 0 Å². The van der Waals surface area contributed by atoms with Crippen LogP contribution in [0.15, 0.2) is 53.4 Å². The van der Waals surface area contributed by atoms with Crippen molar-refractivity contribution in [3.8, 4) is 0 Å². The van der Waals surface area contributed by atoms with E-state index in [1.807, 2.05) is 13.8 Å². The van der Waals surface area contributed by atoms with E-state index in [1.165, 1.54) is 43.3 Å². The van der Waals surface area contributed by atoms with E-state index >= 15 is 0 Å². The van der Waals surface area contributed by atoms with Gasteiger partial charge in [0.1, 0.15) is 5.82 Å². The summed E-state index contributed by atoms with van der Waals surface area (Å²) < 4.78 is 40.9. The molecule has 0 saturated carbocycles. The number of ketones is 1. The largest absolute Gasteiger partial charge is 0.295 e. The van der Waals surface area contributed by atoms with Crippen LogP contribution in [0.4, 0.5) is 4.39 Å². The van der Waals surface area contributed by atoms with Gasteiger partial charge in [0.25, 0.3) is 0 Å². The topological polar surface area (TPSA) is 63.2 Å². The number of Topliss-reactive ketones (excluding diaryl/α,β-unsaturated/α-hetero) is 1. The number of rotatable bonds is 6. The van der Waals surface area contributed by atoms with Gasteiger partial charge in [-0.15, -0.1) is 0 Å². The highest BCUT2D eigenvalue weighted by Crippen LogP contribution is 2.24. The monoisotopic (exact) mass is 349 g/mol. The van der Waals surface area contributed by atoms with Crippen molar-refractivity contribution < 1.29 is 17.6 Å². The van der Waals surface area contributed by atoms with Crippen molar-refractivity contribution in [2.24, 2.45) is 5.92 Å². The fourth-order valence-corrected chi connectivity index (χ4v) is 3.74. The van der Waals surface area contributed by atoms with Gasteiger partial charge >= 0.3 is 0 Å². The molecule has 0 radical (unpaired) electrons. The van der Waals surface area contributed by atoms with Gasteiger partial charge in [-0.25, -0.2) is 17.5 Å². The molecule has 2 rings (SSSR count). The molecule has 2 aromatic rings. The molecule has 1 N–H and O–H groups in total. The van der Waals surface area contributed by atoms with E-state index in [-0.39, 0.29) is 22.4 Å². The minimum absolute atomic E-state index is 0.0262. The summed E-state index contributed by atoms with van der Waals surface area (Å²) in [5, 5.41) is 0. The van der Waals surface area contributed by atoms with Crippen molar-refractivity contribution in [3.05, 3.63) is 65.5 Å². The van der Waals surface area contributed by atoms with Crippen LogP contribution in [0.2, 0.25) is 0 Å². The van der Waals surface area contributed by atoms with Crippen molar-refractivity contribution in [1.82, 2.24) is 4.72 Å². The van der Waals surface area contributed by atoms with Crippen LogP contribution in [-0.4, -0.2) is 14.2 Å². The summed E-state index contributed by atoms with van der Waals surface area (Å²) in [6.07, 6.45) is 0. The molecule has 0 unspecified atom stereocenters. The summed E-state index contributed by atoms with van der Waals surface area (Å²) in [4.78, 5) is 11.4. The zero-order valence-electron chi connectivity index (χ0n) is 13.8. The lowest BCUT2D eigenvalue weighted by molar-refractivity contribution is 0.101. The molecule has 0 aliphatic carbocycles. The number of carbonyl (C=O) groups excluding carboxylic acids is 1. The van der Waals surface area contributed by atoms with Crippen LogP contribution in [0.25, 0.3) is 0 Å². The van der Waals surface area contributed by atoms with Crippen LogP contribution in [0.3, 0.4) is 0 Å². The van der Waals surface area contributed by atoms with Crippen LogP contribution >= 0.6 is 0 Å². The quantitative estimate of drug-likeness (QED) is 0.809. The lowest BCUT2D eigenvalue weighted by Gasteiger charge is -2.23. The third-order valence-corrected chi connectivity index (χ3v) is 5.21. The summed E-state index contributed by atoms with van der Waals surface area (Å²) in [6.45, 7) is 5.19. The average molecular weight is 349 g/mol. The number of sulfonamides is 1. The predicted molar refractivity (Wildman–Crippen MR) is 90.7 cm³/mol. The zero-order chi connectivity index (χ0) is 17.9. The average Bonchev–Trinajstić information content (AvgIpc) is 2.53. The van der Waals surface area contributed by atoms with Crippen LogP contribution in [-0.2, 0) is 10.0 Å². The van der Waals surface area contributed by atoms with Crippen LogP contribution in [0, 0.1) is 11.7 Å². The standard InChI is InChI=1S/C18H20FNO3S/c1-12(2)18(15-4-8-16(19)9-5-15)20-24(22,23)17-10-6-14(7-11-17)13(3)21/h4-12,18,20H,1-3H3/t18-/m1/s1. The number of halogens is 1. The van der Waals surface area contributed by atoms with E-state index in [0.29, 0.717) is 11.1 Å². The zero-order valence-corrected chi connectivity index (χ0v) is 14.6. The highest BCUT2D eigenvalue weighted by molar-refractivity contribution is 7.89. The predicted octanol–water partition coefficient (Wildman–Crippen LogP) is 3.70. The van der Waals surface area contributed by atoms with Gasteiger partial charge in [-0.05, 0) is 42.7 Å². The normalized spacial score (nSPS) is 13.0. The number of nitrogens with one attached hydrogen (secondary N) is 1. The van der Waals surface area contributed by atoms with Crippen molar-refractivity contribution in [3.63, 3.8) is 0 Å². The van der Waals surface area contributed by atoms with Crippen LogP contribution in [0.1, 0.15) is 42.7 Å². The molecule has 128 valence electrons.